The van der Waals surface area contributed by atoms with Crippen LogP contribution in [0.2, 0.25) is 5.02 Å². The number of carbonyl (C=O) groups is 1. The summed E-state index contributed by atoms with van der Waals surface area (Å²) in [5, 5.41) is 3.34. The normalized spacial score (nSPS) is 12.0. The molecule has 0 saturated carbocycles. The fourth-order valence-corrected chi connectivity index (χ4v) is 1.63. The molecule has 1 N–H and O–H groups in total. The number of hydrogen-bond acceptors (Lipinski definition) is 2. The van der Waals surface area contributed by atoms with E-state index in [0.29, 0.717) is 22.9 Å². The van der Waals surface area contributed by atoms with Crippen molar-refractivity contribution in [3.05, 3.63) is 28.8 Å². The molecule has 0 aliphatic carbocycles. The Balaban J connectivity index is 2.77. The second kappa shape index (κ2) is 6.87. The number of rotatable bonds is 5. The zero-order valence-corrected chi connectivity index (χ0v) is 12.1. The molecule has 5 heteroatoms. The molecule has 0 fully saturated rings. The molecular weight excluding hydrogens is 305 g/mol. The van der Waals surface area contributed by atoms with E-state index in [1.54, 1.807) is 18.2 Å². The van der Waals surface area contributed by atoms with E-state index in [1.807, 2.05) is 6.92 Å². The van der Waals surface area contributed by atoms with Crippen LogP contribution in [0.25, 0.3) is 0 Å². The van der Waals surface area contributed by atoms with Crippen LogP contribution in [0.1, 0.15) is 23.7 Å². The Bertz CT molecular complexity index is 398. The van der Waals surface area contributed by atoms with E-state index < -0.39 is 0 Å². The minimum Gasteiger partial charge on any atom is -0.496 e. The summed E-state index contributed by atoms with van der Waals surface area (Å²) < 4.78 is 5.12. The minimum absolute atomic E-state index is 0.178. The zero-order valence-electron chi connectivity index (χ0n) is 9.80. The lowest BCUT2D eigenvalue weighted by molar-refractivity contribution is 0.0951. The molecule has 0 aromatic heterocycles. The third-order valence-electron chi connectivity index (χ3n) is 2.33. The van der Waals surface area contributed by atoms with Gasteiger partial charge in [0.2, 0.25) is 0 Å². The number of amides is 1. The molecule has 17 heavy (non-hydrogen) atoms. The third-order valence-corrected chi connectivity index (χ3v) is 3.54. The number of methoxy groups -OCH3 is 1. The highest BCUT2D eigenvalue weighted by atomic mass is 79.9. The van der Waals surface area contributed by atoms with E-state index in [-0.39, 0.29) is 10.7 Å². The summed E-state index contributed by atoms with van der Waals surface area (Å²) in [6, 6.07) is 4.98. The standard InChI is InChI=1S/C12H15BrClNO2/c1-3-8(13)7-15-12(16)10-6-9(14)4-5-11(10)17-2/h4-6,8H,3,7H2,1-2H3,(H,15,16). The number of hydrogen-bond donors (Lipinski definition) is 1. The van der Waals surface area contributed by atoms with E-state index in [4.69, 9.17) is 16.3 Å². The van der Waals surface area contributed by atoms with E-state index in [9.17, 15) is 4.79 Å². The van der Waals surface area contributed by atoms with E-state index in [2.05, 4.69) is 21.2 Å². The van der Waals surface area contributed by atoms with Crippen molar-refractivity contribution in [1.29, 1.82) is 0 Å². The third kappa shape index (κ3) is 4.21. The highest BCUT2D eigenvalue weighted by molar-refractivity contribution is 9.09. The Morgan fingerprint density at radius 1 is 1.59 bits per heavy atom. The highest BCUT2D eigenvalue weighted by Crippen LogP contribution is 2.22. The van der Waals surface area contributed by atoms with Crippen LogP contribution in [0.15, 0.2) is 18.2 Å². The average Bonchev–Trinajstić information content (AvgIpc) is 2.35. The van der Waals surface area contributed by atoms with Gasteiger partial charge in [-0.3, -0.25) is 4.79 Å². The summed E-state index contributed by atoms with van der Waals surface area (Å²) in [6.45, 7) is 2.62. The molecule has 1 aromatic rings. The number of benzene rings is 1. The van der Waals surface area contributed by atoms with Gasteiger partial charge in [0, 0.05) is 16.4 Å². The van der Waals surface area contributed by atoms with Crippen LogP contribution in [-0.4, -0.2) is 24.4 Å². The van der Waals surface area contributed by atoms with Crippen LogP contribution >= 0.6 is 27.5 Å². The van der Waals surface area contributed by atoms with Crippen molar-refractivity contribution in [2.75, 3.05) is 13.7 Å². The van der Waals surface area contributed by atoms with Crippen molar-refractivity contribution in [1.82, 2.24) is 5.32 Å². The Morgan fingerprint density at radius 3 is 2.88 bits per heavy atom. The lowest BCUT2D eigenvalue weighted by Gasteiger charge is -2.11. The molecule has 1 atom stereocenters. The Kier molecular flexibility index (Phi) is 5.78. The van der Waals surface area contributed by atoms with Gasteiger partial charge in [0.15, 0.2) is 0 Å². The molecule has 0 aliphatic heterocycles. The van der Waals surface area contributed by atoms with E-state index in [1.165, 1.54) is 7.11 Å². The van der Waals surface area contributed by atoms with Crippen LogP contribution in [0.3, 0.4) is 0 Å². The second-order valence-corrected chi connectivity index (χ2v) is 5.29. The Morgan fingerprint density at radius 2 is 2.29 bits per heavy atom. The number of ether oxygens (including phenoxy) is 1. The maximum atomic E-state index is 11.9. The predicted octanol–water partition coefficient (Wildman–Crippen LogP) is 3.25. The van der Waals surface area contributed by atoms with Gasteiger partial charge in [-0.1, -0.05) is 34.5 Å². The molecule has 1 unspecified atom stereocenters. The van der Waals surface area contributed by atoms with Gasteiger partial charge in [-0.25, -0.2) is 0 Å². The number of nitrogens with one attached hydrogen (secondary N) is 1. The molecule has 0 radical (unpaired) electrons. The molecule has 0 saturated heterocycles. The summed E-state index contributed by atoms with van der Waals surface area (Å²) in [4.78, 5) is 12.2. The van der Waals surface area contributed by atoms with Crippen LogP contribution < -0.4 is 10.1 Å². The minimum atomic E-state index is -0.178. The summed E-state index contributed by atoms with van der Waals surface area (Å²) in [5.41, 5.74) is 0.454. The molecule has 94 valence electrons. The number of halogens is 2. The van der Waals surface area contributed by atoms with Gasteiger partial charge in [-0.15, -0.1) is 0 Å². The first-order chi connectivity index (χ1) is 8.08. The summed E-state index contributed by atoms with van der Waals surface area (Å²) in [6.07, 6.45) is 0.951. The van der Waals surface area contributed by atoms with Crippen LogP contribution in [0.5, 0.6) is 5.75 Å². The predicted molar refractivity (Wildman–Crippen MR) is 73.3 cm³/mol. The van der Waals surface area contributed by atoms with Crippen molar-refractivity contribution in [3.63, 3.8) is 0 Å². The Labute approximate surface area is 115 Å². The first-order valence-corrected chi connectivity index (χ1v) is 6.63. The molecule has 0 aliphatic rings. The molecule has 0 heterocycles. The summed E-state index contributed by atoms with van der Waals surface area (Å²) in [5.74, 6) is 0.344. The van der Waals surface area contributed by atoms with Gasteiger partial charge in [0.1, 0.15) is 5.75 Å². The van der Waals surface area contributed by atoms with Crippen molar-refractivity contribution in [3.8, 4) is 5.75 Å². The maximum Gasteiger partial charge on any atom is 0.255 e. The van der Waals surface area contributed by atoms with Gasteiger partial charge < -0.3 is 10.1 Å². The molecule has 1 aromatic carbocycles. The lowest BCUT2D eigenvalue weighted by atomic mass is 10.2. The van der Waals surface area contributed by atoms with Crippen LogP contribution in [-0.2, 0) is 0 Å². The van der Waals surface area contributed by atoms with Gasteiger partial charge in [-0.2, -0.15) is 0 Å². The van der Waals surface area contributed by atoms with Gasteiger partial charge >= 0.3 is 0 Å². The van der Waals surface area contributed by atoms with Crippen molar-refractivity contribution < 1.29 is 9.53 Å². The lowest BCUT2D eigenvalue weighted by Crippen LogP contribution is -2.29. The van der Waals surface area contributed by atoms with E-state index >= 15 is 0 Å². The van der Waals surface area contributed by atoms with E-state index in [0.717, 1.165) is 6.42 Å². The molecule has 0 spiro atoms. The van der Waals surface area contributed by atoms with Crippen LogP contribution in [0, 0.1) is 0 Å². The van der Waals surface area contributed by atoms with Crippen molar-refractivity contribution >= 4 is 33.4 Å². The molecule has 3 nitrogen and oxygen atoms in total. The molecule has 1 amide bonds. The fraction of sp³-hybridized carbons (Fsp3) is 0.417. The zero-order chi connectivity index (χ0) is 12.8. The first-order valence-electron chi connectivity index (χ1n) is 5.34. The maximum absolute atomic E-state index is 11.9. The average molecular weight is 321 g/mol. The topological polar surface area (TPSA) is 38.3 Å². The van der Waals surface area contributed by atoms with Crippen molar-refractivity contribution in [2.24, 2.45) is 0 Å². The highest BCUT2D eigenvalue weighted by Gasteiger charge is 2.13. The van der Waals surface area contributed by atoms with Gasteiger partial charge in [-0.05, 0) is 24.6 Å². The number of alkyl halides is 1. The van der Waals surface area contributed by atoms with Crippen molar-refractivity contribution in [2.45, 2.75) is 18.2 Å². The first kappa shape index (κ1) is 14.3. The second-order valence-electron chi connectivity index (χ2n) is 3.56. The summed E-state index contributed by atoms with van der Waals surface area (Å²) >= 11 is 9.32. The van der Waals surface area contributed by atoms with Gasteiger partial charge in [0.25, 0.3) is 5.91 Å². The quantitative estimate of drug-likeness (QED) is 0.846. The fourth-order valence-electron chi connectivity index (χ4n) is 1.30. The smallest absolute Gasteiger partial charge is 0.255 e. The van der Waals surface area contributed by atoms with Crippen LogP contribution in [0.4, 0.5) is 0 Å². The Hall–Kier alpha value is -0.740. The molecule has 1 rings (SSSR count). The van der Waals surface area contributed by atoms with Gasteiger partial charge in [0.05, 0.1) is 12.7 Å². The monoisotopic (exact) mass is 319 g/mol. The SMILES string of the molecule is CCC(Br)CNC(=O)c1cc(Cl)ccc1OC. The molecular formula is C12H15BrClNO2. The number of carbonyl (C=O) groups excluding carboxylic acids is 1. The summed E-state index contributed by atoms with van der Waals surface area (Å²) in [7, 11) is 1.53. The largest absolute Gasteiger partial charge is 0.496 e. The molecule has 0 bridgehead atoms.